The predicted molar refractivity (Wildman–Crippen MR) is 73.7 cm³/mol. The van der Waals surface area contributed by atoms with E-state index in [-0.39, 0.29) is 22.8 Å². The lowest BCUT2D eigenvalue weighted by Gasteiger charge is -2.09. The maximum absolute atomic E-state index is 13.6. The average molecular weight is 297 g/mol. The molecule has 0 atom stereocenters. The van der Waals surface area contributed by atoms with E-state index in [9.17, 15) is 13.6 Å². The quantitative estimate of drug-likeness (QED) is 0.909. The van der Waals surface area contributed by atoms with Crippen molar-refractivity contribution in [1.29, 1.82) is 0 Å². The SMILES string of the molecule is NC(=O)c1ccc(F)c(NCc2ccc(Cl)cc2F)c1. The highest BCUT2D eigenvalue weighted by atomic mass is 35.5. The molecule has 1 amide bonds. The predicted octanol–water partition coefficient (Wildman–Crippen LogP) is 3.33. The molecule has 104 valence electrons. The number of rotatable bonds is 4. The van der Waals surface area contributed by atoms with E-state index in [4.69, 9.17) is 17.3 Å². The molecule has 2 aromatic carbocycles. The topological polar surface area (TPSA) is 55.1 Å². The molecular weight excluding hydrogens is 286 g/mol. The lowest BCUT2D eigenvalue weighted by Crippen LogP contribution is -2.12. The standard InChI is InChI=1S/C14H11ClF2N2O/c15-10-3-1-9(12(17)6-10)7-19-13-5-8(14(18)20)2-4-11(13)16/h1-6,19H,7H2,(H2,18,20). The lowest BCUT2D eigenvalue weighted by molar-refractivity contribution is 0.100. The summed E-state index contributed by atoms with van der Waals surface area (Å²) >= 11 is 5.64. The van der Waals surface area contributed by atoms with Gasteiger partial charge in [0, 0.05) is 22.7 Å². The molecule has 0 saturated carbocycles. The van der Waals surface area contributed by atoms with Gasteiger partial charge in [0.25, 0.3) is 0 Å². The molecule has 0 bridgehead atoms. The zero-order valence-electron chi connectivity index (χ0n) is 10.3. The number of nitrogens with one attached hydrogen (secondary N) is 1. The number of hydrogen-bond donors (Lipinski definition) is 2. The monoisotopic (exact) mass is 296 g/mol. The van der Waals surface area contributed by atoms with Crippen molar-refractivity contribution < 1.29 is 13.6 Å². The number of benzene rings is 2. The van der Waals surface area contributed by atoms with Crippen molar-refractivity contribution in [3.8, 4) is 0 Å². The van der Waals surface area contributed by atoms with E-state index in [2.05, 4.69) is 5.32 Å². The van der Waals surface area contributed by atoms with Crippen molar-refractivity contribution in [3.05, 3.63) is 64.2 Å². The number of amides is 1. The lowest BCUT2D eigenvalue weighted by atomic mass is 10.1. The van der Waals surface area contributed by atoms with Crippen LogP contribution in [0, 0.1) is 11.6 Å². The van der Waals surface area contributed by atoms with Crippen LogP contribution in [0.1, 0.15) is 15.9 Å². The molecule has 0 fully saturated rings. The number of nitrogens with two attached hydrogens (primary N) is 1. The van der Waals surface area contributed by atoms with Gasteiger partial charge in [-0.15, -0.1) is 0 Å². The average Bonchev–Trinajstić information content (AvgIpc) is 2.39. The van der Waals surface area contributed by atoms with Crippen molar-refractivity contribution >= 4 is 23.2 Å². The zero-order valence-corrected chi connectivity index (χ0v) is 11.0. The molecule has 0 radical (unpaired) electrons. The van der Waals surface area contributed by atoms with Crippen LogP contribution in [0.25, 0.3) is 0 Å². The number of carbonyl (C=O) groups excluding carboxylic acids is 1. The van der Waals surface area contributed by atoms with E-state index in [1.165, 1.54) is 30.3 Å². The molecular formula is C14H11ClF2N2O. The number of halogens is 3. The van der Waals surface area contributed by atoms with Crippen molar-refractivity contribution in [2.45, 2.75) is 6.54 Å². The van der Waals surface area contributed by atoms with Crippen molar-refractivity contribution in [2.24, 2.45) is 5.73 Å². The van der Waals surface area contributed by atoms with Crippen LogP contribution in [0.2, 0.25) is 5.02 Å². The third-order valence-corrected chi connectivity index (χ3v) is 2.97. The van der Waals surface area contributed by atoms with Gasteiger partial charge in [0.1, 0.15) is 11.6 Å². The van der Waals surface area contributed by atoms with Crippen molar-refractivity contribution in [2.75, 3.05) is 5.32 Å². The van der Waals surface area contributed by atoms with Gasteiger partial charge in [-0.25, -0.2) is 8.78 Å². The Morgan fingerprint density at radius 2 is 1.90 bits per heavy atom. The van der Waals surface area contributed by atoms with Crippen LogP contribution in [0.5, 0.6) is 0 Å². The van der Waals surface area contributed by atoms with Crippen molar-refractivity contribution in [1.82, 2.24) is 0 Å². The van der Waals surface area contributed by atoms with E-state index in [1.54, 1.807) is 0 Å². The Morgan fingerprint density at radius 3 is 2.55 bits per heavy atom. The fourth-order valence-corrected chi connectivity index (χ4v) is 1.83. The van der Waals surface area contributed by atoms with Crippen molar-refractivity contribution in [3.63, 3.8) is 0 Å². The van der Waals surface area contributed by atoms with Crippen LogP contribution in [0.15, 0.2) is 36.4 Å². The van der Waals surface area contributed by atoms with Crippen LogP contribution < -0.4 is 11.1 Å². The van der Waals surface area contributed by atoms with Crippen LogP contribution in [-0.4, -0.2) is 5.91 Å². The normalized spacial score (nSPS) is 10.3. The van der Waals surface area contributed by atoms with Crippen LogP contribution >= 0.6 is 11.6 Å². The summed E-state index contributed by atoms with van der Waals surface area (Å²) in [6.45, 7) is 0.0577. The first-order valence-corrected chi connectivity index (χ1v) is 6.12. The van der Waals surface area contributed by atoms with Gasteiger partial charge in [0.15, 0.2) is 0 Å². The molecule has 0 heterocycles. The number of anilines is 1. The Hall–Kier alpha value is -2.14. The molecule has 6 heteroatoms. The van der Waals surface area contributed by atoms with Crippen LogP contribution in [0.3, 0.4) is 0 Å². The molecule has 0 aliphatic carbocycles. The zero-order chi connectivity index (χ0) is 14.7. The first-order chi connectivity index (χ1) is 9.47. The Labute approximate surface area is 119 Å². The summed E-state index contributed by atoms with van der Waals surface area (Å²) in [5.74, 6) is -1.70. The number of primary amides is 1. The van der Waals surface area contributed by atoms with Gasteiger partial charge in [-0.2, -0.15) is 0 Å². The van der Waals surface area contributed by atoms with Gasteiger partial charge in [-0.1, -0.05) is 17.7 Å². The molecule has 0 saturated heterocycles. The molecule has 3 N–H and O–H groups in total. The molecule has 2 aromatic rings. The van der Waals surface area contributed by atoms with Gasteiger partial charge >= 0.3 is 0 Å². The van der Waals surface area contributed by atoms with Gasteiger partial charge in [-0.3, -0.25) is 4.79 Å². The maximum atomic E-state index is 13.6. The third kappa shape index (κ3) is 3.24. The first-order valence-electron chi connectivity index (χ1n) is 5.74. The summed E-state index contributed by atoms with van der Waals surface area (Å²) in [5, 5.41) is 3.00. The van der Waals surface area contributed by atoms with E-state index in [1.807, 2.05) is 0 Å². The van der Waals surface area contributed by atoms with Gasteiger partial charge in [0.2, 0.25) is 5.91 Å². The molecule has 0 unspecified atom stereocenters. The minimum absolute atomic E-state index is 0.0577. The number of carbonyl (C=O) groups is 1. The molecule has 0 spiro atoms. The highest BCUT2D eigenvalue weighted by Gasteiger charge is 2.08. The Morgan fingerprint density at radius 1 is 1.15 bits per heavy atom. The minimum Gasteiger partial charge on any atom is -0.378 e. The smallest absolute Gasteiger partial charge is 0.248 e. The third-order valence-electron chi connectivity index (χ3n) is 2.74. The van der Waals surface area contributed by atoms with Crippen LogP contribution in [0.4, 0.5) is 14.5 Å². The van der Waals surface area contributed by atoms with E-state index in [0.29, 0.717) is 5.56 Å². The van der Waals surface area contributed by atoms with E-state index < -0.39 is 17.5 Å². The molecule has 0 aromatic heterocycles. The minimum atomic E-state index is -0.661. The summed E-state index contributed by atoms with van der Waals surface area (Å²) in [6, 6.07) is 7.91. The fraction of sp³-hybridized carbons (Fsp3) is 0.0714. The second kappa shape index (κ2) is 5.88. The summed E-state index contributed by atoms with van der Waals surface area (Å²) in [6.07, 6.45) is 0. The fourth-order valence-electron chi connectivity index (χ4n) is 1.67. The molecule has 0 aliphatic heterocycles. The second-order valence-electron chi connectivity index (χ2n) is 4.15. The summed E-state index contributed by atoms with van der Waals surface area (Å²) in [7, 11) is 0. The molecule has 0 aliphatic rings. The molecule has 3 nitrogen and oxygen atoms in total. The molecule has 20 heavy (non-hydrogen) atoms. The summed E-state index contributed by atoms with van der Waals surface area (Å²) in [4.78, 5) is 11.0. The van der Waals surface area contributed by atoms with Crippen LogP contribution in [-0.2, 0) is 6.54 Å². The van der Waals surface area contributed by atoms with Gasteiger partial charge < -0.3 is 11.1 Å². The number of hydrogen-bond acceptors (Lipinski definition) is 2. The summed E-state index contributed by atoms with van der Waals surface area (Å²) < 4.78 is 27.1. The van der Waals surface area contributed by atoms with E-state index >= 15 is 0 Å². The van der Waals surface area contributed by atoms with Gasteiger partial charge in [-0.05, 0) is 30.3 Å². The highest BCUT2D eigenvalue weighted by molar-refractivity contribution is 6.30. The Balaban J connectivity index is 2.18. The Kier molecular flexibility index (Phi) is 4.20. The first kappa shape index (κ1) is 14.3. The highest BCUT2D eigenvalue weighted by Crippen LogP contribution is 2.19. The maximum Gasteiger partial charge on any atom is 0.248 e. The largest absolute Gasteiger partial charge is 0.378 e. The second-order valence-corrected chi connectivity index (χ2v) is 4.58. The molecule has 2 rings (SSSR count). The Bertz CT molecular complexity index is 662. The van der Waals surface area contributed by atoms with Gasteiger partial charge in [0.05, 0.1) is 5.69 Å². The summed E-state index contributed by atoms with van der Waals surface area (Å²) in [5.41, 5.74) is 5.70. The van der Waals surface area contributed by atoms with E-state index in [0.717, 1.165) is 6.07 Å².